The summed E-state index contributed by atoms with van der Waals surface area (Å²) in [5, 5.41) is 9.65. The number of thiophene rings is 2. The van der Waals surface area contributed by atoms with E-state index in [1.165, 1.54) is 29.8 Å². The number of carbonyl (C=O) groups excluding carboxylic acids is 2. The van der Waals surface area contributed by atoms with Gasteiger partial charge in [-0.05, 0) is 22.9 Å². The molecule has 1 unspecified atom stereocenters. The highest BCUT2D eigenvalue weighted by atomic mass is 32.1. The number of esters is 1. The molecule has 25 heavy (non-hydrogen) atoms. The maximum absolute atomic E-state index is 12.4. The minimum absolute atomic E-state index is 0.111. The van der Waals surface area contributed by atoms with Crippen LogP contribution < -0.4 is 5.32 Å². The molecule has 8 heteroatoms. The Hall–Kier alpha value is -2.03. The van der Waals surface area contributed by atoms with Gasteiger partial charge in [0.25, 0.3) is 0 Å². The summed E-state index contributed by atoms with van der Waals surface area (Å²) in [5.41, 5.74) is 0.730. The van der Waals surface area contributed by atoms with Crippen LogP contribution in [0.2, 0.25) is 0 Å². The standard InChI is InChI=1S/C17H16N2O3S3/c1-22-16(21)9-12(13-4-2-6-23-13)19-15(20)8-11-10-25-17(18-11)14-5-3-7-24-14/h2-7,10,12H,8-9H2,1H3,(H,19,20). The molecule has 0 radical (unpaired) electrons. The van der Waals surface area contributed by atoms with Gasteiger partial charge in [0, 0.05) is 10.3 Å². The number of aromatic nitrogens is 1. The van der Waals surface area contributed by atoms with Crippen LogP contribution in [0, 0.1) is 0 Å². The topological polar surface area (TPSA) is 68.3 Å². The van der Waals surface area contributed by atoms with Gasteiger partial charge < -0.3 is 10.1 Å². The second-order valence-corrected chi connectivity index (χ2v) is 8.00. The van der Waals surface area contributed by atoms with E-state index < -0.39 is 0 Å². The first-order valence-corrected chi connectivity index (χ1v) is 10.2. The van der Waals surface area contributed by atoms with Crippen LogP contribution in [-0.2, 0) is 20.7 Å². The molecule has 1 atom stereocenters. The number of hydrogen-bond acceptors (Lipinski definition) is 7. The molecule has 1 amide bonds. The number of carbonyl (C=O) groups is 2. The van der Waals surface area contributed by atoms with Gasteiger partial charge in [-0.1, -0.05) is 12.1 Å². The van der Waals surface area contributed by atoms with E-state index in [-0.39, 0.29) is 30.8 Å². The van der Waals surface area contributed by atoms with Gasteiger partial charge in [0.2, 0.25) is 5.91 Å². The van der Waals surface area contributed by atoms with Crippen molar-refractivity contribution in [3.8, 4) is 9.88 Å². The molecule has 0 bridgehead atoms. The third kappa shape index (κ3) is 4.75. The zero-order valence-corrected chi connectivity index (χ0v) is 15.9. The molecular formula is C17H16N2O3S3. The molecule has 0 aliphatic rings. The van der Waals surface area contributed by atoms with Crippen LogP contribution in [0.15, 0.2) is 40.4 Å². The summed E-state index contributed by atoms with van der Waals surface area (Å²) < 4.78 is 4.73. The average molecular weight is 393 g/mol. The van der Waals surface area contributed by atoms with Crippen LogP contribution in [0.25, 0.3) is 9.88 Å². The first-order chi connectivity index (χ1) is 12.2. The molecule has 0 aliphatic heterocycles. The van der Waals surface area contributed by atoms with Crippen LogP contribution in [-0.4, -0.2) is 24.0 Å². The predicted molar refractivity (Wildman–Crippen MR) is 101 cm³/mol. The molecular weight excluding hydrogens is 376 g/mol. The van der Waals surface area contributed by atoms with Crippen molar-refractivity contribution in [1.29, 1.82) is 0 Å². The number of nitrogens with zero attached hydrogens (tertiary/aromatic N) is 1. The van der Waals surface area contributed by atoms with E-state index in [2.05, 4.69) is 10.3 Å². The highest BCUT2D eigenvalue weighted by Gasteiger charge is 2.20. The fraction of sp³-hybridized carbons (Fsp3) is 0.235. The van der Waals surface area contributed by atoms with Gasteiger partial charge in [-0.25, -0.2) is 4.98 Å². The summed E-state index contributed by atoms with van der Waals surface area (Å²) in [6.45, 7) is 0. The van der Waals surface area contributed by atoms with Gasteiger partial charge in [0.15, 0.2) is 0 Å². The van der Waals surface area contributed by atoms with Gasteiger partial charge in [0.05, 0.1) is 36.6 Å². The quantitative estimate of drug-likeness (QED) is 0.619. The maximum Gasteiger partial charge on any atom is 0.307 e. The lowest BCUT2D eigenvalue weighted by molar-refractivity contribution is -0.141. The van der Waals surface area contributed by atoms with Crippen molar-refractivity contribution in [3.63, 3.8) is 0 Å². The second kappa shape index (κ2) is 8.37. The smallest absolute Gasteiger partial charge is 0.307 e. The predicted octanol–water partition coefficient (Wildman–Crippen LogP) is 3.90. The van der Waals surface area contributed by atoms with E-state index in [4.69, 9.17) is 4.74 Å². The van der Waals surface area contributed by atoms with Crippen LogP contribution in [0.4, 0.5) is 0 Å². The molecule has 5 nitrogen and oxygen atoms in total. The largest absolute Gasteiger partial charge is 0.469 e. The molecule has 0 aliphatic carbocycles. The highest BCUT2D eigenvalue weighted by Crippen LogP contribution is 2.28. The molecule has 0 spiro atoms. The van der Waals surface area contributed by atoms with Crippen LogP contribution in [0.3, 0.4) is 0 Å². The van der Waals surface area contributed by atoms with Crippen LogP contribution in [0.1, 0.15) is 23.0 Å². The summed E-state index contributed by atoms with van der Waals surface area (Å²) >= 11 is 4.65. The van der Waals surface area contributed by atoms with Crippen molar-refractivity contribution < 1.29 is 14.3 Å². The van der Waals surface area contributed by atoms with Crippen molar-refractivity contribution in [1.82, 2.24) is 10.3 Å². The summed E-state index contributed by atoms with van der Waals surface area (Å²) in [6.07, 6.45) is 0.297. The Morgan fingerprint density at radius 3 is 2.68 bits per heavy atom. The van der Waals surface area contributed by atoms with Crippen molar-refractivity contribution >= 4 is 45.9 Å². The Kier molecular flexibility index (Phi) is 5.95. The third-order valence-electron chi connectivity index (χ3n) is 3.45. The normalized spacial score (nSPS) is 11.9. The number of methoxy groups -OCH3 is 1. The number of thiazole rings is 1. The van der Waals surface area contributed by atoms with Crippen LogP contribution in [0.5, 0.6) is 0 Å². The van der Waals surface area contributed by atoms with Gasteiger partial charge >= 0.3 is 5.97 Å². The lowest BCUT2D eigenvalue weighted by Gasteiger charge is -2.16. The van der Waals surface area contributed by atoms with E-state index in [0.717, 1.165) is 20.5 Å². The molecule has 3 rings (SSSR count). The minimum Gasteiger partial charge on any atom is -0.469 e. The summed E-state index contributed by atoms with van der Waals surface area (Å²) in [7, 11) is 1.34. The molecule has 0 saturated heterocycles. The van der Waals surface area contributed by atoms with E-state index in [0.29, 0.717) is 0 Å². The van der Waals surface area contributed by atoms with Gasteiger partial charge in [-0.15, -0.1) is 34.0 Å². The van der Waals surface area contributed by atoms with E-state index in [1.54, 1.807) is 11.3 Å². The lowest BCUT2D eigenvalue weighted by Crippen LogP contribution is -2.31. The van der Waals surface area contributed by atoms with Gasteiger partial charge in [0.1, 0.15) is 5.01 Å². The fourth-order valence-electron chi connectivity index (χ4n) is 2.27. The van der Waals surface area contributed by atoms with E-state index in [9.17, 15) is 9.59 Å². The average Bonchev–Trinajstić information content (AvgIpc) is 3.34. The fourth-order valence-corrected chi connectivity index (χ4v) is 4.69. The monoisotopic (exact) mass is 392 g/mol. The van der Waals surface area contributed by atoms with E-state index >= 15 is 0 Å². The molecule has 1 N–H and O–H groups in total. The van der Waals surface area contributed by atoms with Gasteiger partial charge in [-0.2, -0.15) is 0 Å². The van der Waals surface area contributed by atoms with Gasteiger partial charge in [-0.3, -0.25) is 9.59 Å². The molecule has 3 aromatic rings. The molecule has 3 heterocycles. The SMILES string of the molecule is COC(=O)CC(NC(=O)Cc1csc(-c2cccs2)n1)c1cccs1. The number of rotatable bonds is 7. The van der Waals surface area contributed by atoms with Crippen molar-refractivity contribution in [2.45, 2.75) is 18.9 Å². The van der Waals surface area contributed by atoms with Crippen molar-refractivity contribution in [3.05, 3.63) is 51.0 Å². The minimum atomic E-state index is -0.379. The lowest BCUT2D eigenvalue weighted by atomic mass is 10.1. The molecule has 130 valence electrons. The number of nitrogens with one attached hydrogen (secondary N) is 1. The molecule has 3 aromatic heterocycles. The molecule has 0 saturated carbocycles. The van der Waals surface area contributed by atoms with Crippen molar-refractivity contribution in [2.24, 2.45) is 0 Å². The Balaban J connectivity index is 1.64. The highest BCUT2D eigenvalue weighted by molar-refractivity contribution is 7.20. The molecule has 0 fully saturated rings. The van der Waals surface area contributed by atoms with Crippen LogP contribution >= 0.6 is 34.0 Å². The Morgan fingerprint density at radius 1 is 1.20 bits per heavy atom. The second-order valence-electron chi connectivity index (χ2n) is 5.21. The number of hydrogen-bond donors (Lipinski definition) is 1. The zero-order chi connectivity index (χ0) is 17.6. The maximum atomic E-state index is 12.4. The number of ether oxygens (including phenoxy) is 1. The third-order valence-corrected chi connectivity index (χ3v) is 6.36. The van der Waals surface area contributed by atoms with Crippen molar-refractivity contribution in [2.75, 3.05) is 7.11 Å². The first-order valence-electron chi connectivity index (χ1n) is 7.53. The van der Waals surface area contributed by atoms with E-state index in [1.807, 2.05) is 40.4 Å². The Morgan fingerprint density at radius 2 is 2.00 bits per heavy atom. The molecule has 0 aromatic carbocycles. The summed E-state index contributed by atoms with van der Waals surface area (Å²) in [5.74, 6) is -0.516. The summed E-state index contributed by atoms with van der Waals surface area (Å²) in [6, 6.07) is 7.40. The first kappa shape index (κ1) is 17.8. The Labute approximate surface area is 157 Å². The Bertz CT molecular complexity index is 825. The zero-order valence-electron chi connectivity index (χ0n) is 13.4. The number of amides is 1. The summed E-state index contributed by atoms with van der Waals surface area (Å²) in [4.78, 5) is 30.5.